The smallest absolute Gasteiger partial charge is 0.240 e. The van der Waals surface area contributed by atoms with Crippen molar-refractivity contribution in [1.29, 1.82) is 0 Å². The van der Waals surface area contributed by atoms with Crippen molar-refractivity contribution in [3.8, 4) is 45.5 Å². The van der Waals surface area contributed by atoms with E-state index in [2.05, 4.69) is 106 Å². The third kappa shape index (κ3) is 4.50. The number of fused-ring (bicyclic) bond motifs is 6. The van der Waals surface area contributed by atoms with E-state index in [1.54, 1.807) is 0 Å². The van der Waals surface area contributed by atoms with Gasteiger partial charge in [-0.25, -0.2) is 9.97 Å². The molecule has 0 radical (unpaired) electrons. The molecule has 10 rings (SSSR count). The molecule has 0 unspecified atom stereocenters. The van der Waals surface area contributed by atoms with E-state index in [-0.39, 0.29) is 0 Å². The standard InChI is InChI=1S/C44H28N6/c1-4-13-29(14-5-1)41-46-42(30-15-6-2-7-16-30)48-44(47-41)50-40-28-32(23-25-36(40)37-20-12-26-45-43(37)50)31-22-24-35-34-19-10-11-21-38(34)49(39(35)27-31)33-17-8-3-9-18-33/h1-28H. The van der Waals surface area contributed by atoms with Gasteiger partial charge in [-0.15, -0.1) is 0 Å². The van der Waals surface area contributed by atoms with Crippen LogP contribution in [0.1, 0.15) is 0 Å². The predicted octanol–water partition coefficient (Wildman–Crippen LogP) is 10.5. The molecule has 0 amide bonds. The summed E-state index contributed by atoms with van der Waals surface area (Å²) < 4.78 is 4.43. The van der Waals surface area contributed by atoms with Gasteiger partial charge in [0.25, 0.3) is 0 Å². The van der Waals surface area contributed by atoms with E-state index in [4.69, 9.17) is 19.9 Å². The van der Waals surface area contributed by atoms with Crippen LogP contribution in [-0.2, 0) is 0 Å². The van der Waals surface area contributed by atoms with Crippen molar-refractivity contribution in [3.63, 3.8) is 0 Å². The Hall–Kier alpha value is -6.92. The van der Waals surface area contributed by atoms with E-state index in [9.17, 15) is 0 Å². The van der Waals surface area contributed by atoms with Crippen molar-refractivity contribution >= 4 is 43.7 Å². The van der Waals surface area contributed by atoms with Crippen LogP contribution in [0, 0.1) is 0 Å². The Morgan fingerprint density at radius 1 is 0.360 bits per heavy atom. The second-order valence-electron chi connectivity index (χ2n) is 12.4. The molecule has 0 N–H and O–H groups in total. The summed E-state index contributed by atoms with van der Waals surface area (Å²) in [4.78, 5) is 20.0. The van der Waals surface area contributed by atoms with Crippen LogP contribution >= 0.6 is 0 Å². The average Bonchev–Trinajstić information content (AvgIpc) is 3.71. The molecular formula is C44H28N6. The summed E-state index contributed by atoms with van der Waals surface area (Å²) in [6.45, 7) is 0. The molecule has 0 spiro atoms. The van der Waals surface area contributed by atoms with E-state index < -0.39 is 0 Å². The maximum atomic E-state index is 5.08. The highest BCUT2D eigenvalue weighted by atomic mass is 15.2. The van der Waals surface area contributed by atoms with Gasteiger partial charge in [-0.05, 0) is 53.6 Å². The van der Waals surface area contributed by atoms with Crippen molar-refractivity contribution in [3.05, 3.63) is 170 Å². The number of nitrogens with zero attached hydrogens (tertiary/aromatic N) is 6. The minimum atomic E-state index is 0.521. The molecule has 50 heavy (non-hydrogen) atoms. The minimum absolute atomic E-state index is 0.521. The summed E-state index contributed by atoms with van der Waals surface area (Å²) in [7, 11) is 0. The first kappa shape index (κ1) is 28.1. The Kier molecular flexibility index (Phi) is 6.39. The molecule has 4 aromatic heterocycles. The first-order valence-electron chi connectivity index (χ1n) is 16.7. The number of aromatic nitrogens is 6. The monoisotopic (exact) mass is 640 g/mol. The second kappa shape index (κ2) is 11.4. The first-order valence-corrected chi connectivity index (χ1v) is 16.7. The molecule has 0 saturated heterocycles. The molecule has 0 aliphatic rings. The summed E-state index contributed by atoms with van der Waals surface area (Å²) in [6, 6.07) is 56.8. The van der Waals surface area contributed by atoms with Gasteiger partial charge in [-0.2, -0.15) is 9.97 Å². The Balaban J connectivity index is 1.22. The highest BCUT2D eigenvalue weighted by Gasteiger charge is 2.20. The summed E-state index contributed by atoms with van der Waals surface area (Å²) >= 11 is 0. The lowest BCUT2D eigenvalue weighted by Gasteiger charge is -2.11. The lowest BCUT2D eigenvalue weighted by Crippen LogP contribution is -2.07. The van der Waals surface area contributed by atoms with Crippen LogP contribution in [0.3, 0.4) is 0 Å². The van der Waals surface area contributed by atoms with Crippen LogP contribution in [0.15, 0.2) is 170 Å². The second-order valence-corrected chi connectivity index (χ2v) is 12.4. The molecule has 6 nitrogen and oxygen atoms in total. The number of benzene rings is 6. The van der Waals surface area contributed by atoms with Crippen molar-refractivity contribution < 1.29 is 0 Å². The van der Waals surface area contributed by atoms with Crippen LogP contribution in [0.5, 0.6) is 0 Å². The zero-order valence-electron chi connectivity index (χ0n) is 26.8. The van der Waals surface area contributed by atoms with E-state index >= 15 is 0 Å². The predicted molar refractivity (Wildman–Crippen MR) is 203 cm³/mol. The molecular weight excluding hydrogens is 613 g/mol. The maximum Gasteiger partial charge on any atom is 0.240 e. The van der Waals surface area contributed by atoms with Crippen molar-refractivity contribution in [2.75, 3.05) is 0 Å². The number of hydrogen-bond acceptors (Lipinski definition) is 4. The largest absolute Gasteiger partial charge is 0.309 e. The molecule has 6 heteroatoms. The third-order valence-corrected chi connectivity index (χ3v) is 9.44. The highest BCUT2D eigenvalue weighted by molar-refractivity contribution is 6.11. The van der Waals surface area contributed by atoms with E-state index in [1.807, 2.05) is 72.9 Å². The SMILES string of the molecule is c1ccc(-c2nc(-c3ccccc3)nc(-n3c4cc(-c5ccc6c7ccccc7n(-c7ccccc7)c6c5)ccc4c4cccnc43)n2)cc1. The van der Waals surface area contributed by atoms with Crippen LogP contribution in [-0.4, -0.2) is 29.1 Å². The van der Waals surface area contributed by atoms with Gasteiger partial charge >= 0.3 is 0 Å². The fraction of sp³-hybridized carbons (Fsp3) is 0. The van der Waals surface area contributed by atoms with E-state index in [0.29, 0.717) is 17.6 Å². The Morgan fingerprint density at radius 2 is 0.880 bits per heavy atom. The van der Waals surface area contributed by atoms with Crippen LogP contribution < -0.4 is 0 Å². The van der Waals surface area contributed by atoms with Crippen LogP contribution in [0.2, 0.25) is 0 Å². The minimum Gasteiger partial charge on any atom is -0.309 e. The molecule has 0 aliphatic carbocycles. The van der Waals surface area contributed by atoms with Gasteiger partial charge in [0.2, 0.25) is 5.95 Å². The molecule has 0 saturated carbocycles. The average molecular weight is 641 g/mol. The summed E-state index contributed by atoms with van der Waals surface area (Å²) in [5.74, 6) is 1.74. The Bertz CT molecular complexity index is 2800. The fourth-order valence-electron chi connectivity index (χ4n) is 7.13. The molecule has 0 fully saturated rings. The number of pyridine rings is 1. The normalized spacial score (nSPS) is 11.6. The number of para-hydroxylation sites is 2. The third-order valence-electron chi connectivity index (χ3n) is 9.44. The summed E-state index contributed by atoms with van der Waals surface area (Å²) in [5, 5.41) is 4.58. The Morgan fingerprint density at radius 3 is 1.54 bits per heavy atom. The molecule has 0 aliphatic heterocycles. The molecule has 4 heterocycles. The van der Waals surface area contributed by atoms with Gasteiger partial charge in [0, 0.05) is 44.6 Å². The van der Waals surface area contributed by atoms with Crippen molar-refractivity contribution in [2.24, 2.45) is 0 Å². The van der Waals surface area contributed by atoms with Gasteiger partial charge in [0.15, 0.2) is 11.6 Å². The van der Waals surface area contributed by atoms with Gasteiger partial charge in [-0.1, -0.05) is 121 Å². The van der Waals surface area contributed by atoms with Gasteiger partial charge in [0.05, 0.1) is 16.6 Å². The zero-order valence-corrected chi connectivity index (χ0v) is 26.8. The molecule has 0 bridgehead atoms. The van der Waals surface area contributed by atoms with E-state index in [1.165, 1.54) is 16.3 Å². The first-order chi connectivity index (χ1) is 24.8. The highest BCUT2D eigenvalue weighted by Crippen LogP contribution is 2.37. The lowest BCUT2D eigenvalue weighted by atomic mass is 10.0. The van der Waals surface area contributed by atoms with Crippen LogP contribution in [0.25, 0.3) is 89.3 Å². The van der Waals surface area contributed by atoms with Gasteiger partial charge < -0.3 is 4.57 Å². The summed E-state index contributed by atoms with van der Waals surface area (Å²) in [6.07, 6.45) is 1.83. The number of hydrogen-bond donors (Lipinski definition) is 0. The quantitative estimate of drug-likeness (QED) is 0.188. The van der Waals surface area contributed by atoms with Crippen LogP contribution in [0.4, 0.5) is 0 Å². The van der Waals surface area contributed by atoms with Crippen molar-refractivity contribution in [1.82, 2.24) is 29.1 Å². The molecule has 10 aromatic rings. The topological polar surface area (TPSA) is 61.4 Å². The zero-order chi connectivity index (χ0) is 33.0. The van der Waals surface area contributed by atoms with Crippen molar-refractivity contribution in [2.45, 2.75) is 0 Å². The fourth-order valence-corrected chi connectivity index (χ4v) is 7.13. The maximum absolute atomic E-state index is 5.08. The van der Waals surface area contributed by atoms with E-state index in [0.717, 1.165) is 55.4 Å². The van der Waals surface area contributed by atoms with Gasteiger partial charge in [0.1, 0.15) is 5.65 Å². The lowest BCUT2D eigenvalue weighted by molar-refractivity contribution is 0.944. The molecule has 6 aromatic carbocycles. The summed E-state index contributed by atoms with van der Waals surface area (Å²) in [5.41, 5.74) is 9.31. The number of rotatable bonds is 5. The Labute approximate surface area is 287 Å². The molecule has 0 atom stereocenters. The molecule has 234 valence electrons. The van der Waals surface area contributed by atoms with Gasteiger partial charge in [-0.3, -0.25) is 4.57 Å².